The number of carbonyl (C=O) groups excluding carboxylic acids is 2. The number of esters is 1. The number of carbonyl (C=O) groups is 2. The van der Waals surface area contributed by atoms with Gasteiger partial charge in [0.05, 0.1) is 11.5 Å². The number of amides is 1. The van der Waals surface area contributed by atoms with Gasteiger partial charge in [-0.2, -0.15) is 0 Å². The molecule has 9 heteroatoms. The van der Waals surface area contributed by atoms with Gasteiger partial charge < -0.3 is 14.8 Å². The van der Waals surface area contributed by atoms with E-state index in [-0.39, 0.29) is 17.8 Å². The number of para-hydroxylation sites is 2. The minimum atomic E-state index is -1.10. The monoisotopic (exact) mass is 420 g/mol. The van der Waals surface area contributed by atoms with E-state index in [1.807, 2.05) is 6.92 Å². The predicted molar refractivity (Wildman–Crippen MR) is 108 cm³/mol. The van der Waals surface area contributed by atoms with Crippen LogP contribution in [0.5, 0.6) is 5.75 Å². The van der Waals surface area contributed by atoms with Gasteiger partial charge >= 0.3 is 5.97 Å². The molecule has 2 rings (SSSR count). The molecular weight excluding hydrogens is 400 g/mol. The molecule has 0 aliphatic heterocycles. The molecule has 0 saturated carbocycles. The van der Waals surface area contributed by atoms with E-state index in [0.717, 1.165) is 5.56 Å². The Kier molecular flexibility index (Phi) is 7.97. The molecule has 0 aliphatic carbocycles. The molecule has 2 aromatic rings. The summed E-state index contributed by atoms with van der Waals surface area (Å²) in [6.07, 6.45) is -0.628. The quantitative estimate of drug-likeness (QED) is 0.280. The number of nitro groups is 1. The van der Waals surface area contributed by atoms with E-state index in [4.69, 9.17) is 21.1 Å². The molecular formula is C20H21ClN2O6. The van der Waals surface area contributed by atoms with E-state index >= 15 is 0 Å². The first kappa shape index (κ1) is 22.2. The van der Waals surface area contributed by atoms with Crippen molar-refractivity contribution in [3.8, 4) is 5.75 Å². The Morgan fingerprint density at radius 2 is 1.97 bits per heavy atom. The topological polar surface area (TPSA) is 108 Å². The lowest BCUT2D eigenvalue weighted by atomic mass is 10.2. The number of nitro benzene ring substituents is 1. The van der Waals surface area contributed by atoms with E-state index in [9.17, 15) is 19.7 Å². The maximum Gasteiger partial charge on any atom is 0.306 e. The molecule has 0 spiro atoms. The largest absolute Gasteiger partial charge is 0.493 e. The van der Waals surface area contributed by atoms with Gasteiger partial charge in [-0.3, -0.25) is 19.7 Å². The highest BCUT2D eigenvalue weighted by Gasteiger charge is 2.21. The highest BCUT2D eigenvalue weighted by Crippen LogP contribution is 2.24. The highest BCUT2D eigenvalue weighted by molar-refractivity contribution is 6.30. The van der Waals surface area contributed by atoms with Gasteiger partial charge in [0.1, 0.15) is 11.4 Å². The third-order valence-electron chi connectivity index (χ3n) is 3.96. The van der Waals surface area contributed by atoms with E-state index in [1.54, 1.807) is 24.3 Å². The lowest BCUT2D eigenvalue weighted by molar-refractivity contribution is -0.383. The first-order valence-electron chi connectivity index (χ1n) is 8.90. The molecule has 1 atom stereocenters. The van der Waals surface area contributed by atoms with E-state index in [2.05, 4.69) is 5.32 Å². The number of nitrogens with one attached hydrogen (secondary N) is 1. The molecule has 1 amide bonds. The second kappa shape index (κ2) is 10.4. The van der Waals surface area contributed by atoms with Crippen molar-refractivity contribution in [3.05, 3.63) is 63.2 Å². The molecule has 2 aromatic carbocycles. The fourth-order valence-corrected chi connectivity index (χ4v) is 2.68. The number of rotatable bonds is 9. The summed E-state index contributed by atoms with van der Waals surface area (Å²) >= 11 is 5.89. The van der Waals surface area contributed by atoms with Gasteiger partial charge in [0.25, 0.3) is 11.6 Å². The number of anilines is 1. The molecule has 0 radical (unpaired) electrons. The van der Waals surface area contributed by atoms with Gasteiger partial charge in [-0.25, -0.2) is 0 Å². The summed E-state index contributed by atoms with van der Waals surface area (Å²) in [6.45, 7) is 3.57. The van der Waals surface area contributed by atoms with Crippen LogP contribution >= 0.6 is 11.6 Å². The van der Waals surface area contributed by atoms with Crippen molar-refractivity contribution in [2.45, 2.75) is 32.8 Å². The average Bonchev–Trinajstić information content (AvgIpc) is 2.66. The summed E-state index contributed by atoms with van der Waals surface area (Å²) in [5, 5.41) is 14.0. The first-order valence-corrected chi connectivity index (χ1v) is 9.28. The number of ether oxygens (including phenoxy) is 2. The van der Waals surface area contributed by atoms with Gasteiger partial charge in [0.15, 0.2) is 6.10 Å². The van der Waals surface area contributed by atoms with E-state index < -0.39 is 22.9 Å². The lowest BCUT2D eigenvalue weighted by Crippen LogP contribution is -2.30. The normalized spacial score (nSPS) is 11.4. The summed E-state index contributed by atoms with van der Waals surface area (Å²) in [4.78, 5) is 34.5. The zero-order valence-corrected chi connectivity index (χ0v) is 16.8. The number of hydrogen-bond donors (Lipinski definition) is 1. The van der Waals surface area contributed by atoms with Crippen LogP contribution < -0.4 is 10.1 Å². The van der Waals surface area contributed by atoms with Crippen molar-refractivity contribution in [2.24, 2.45) is 0 Å². The number of aryl methyl sites for hydroxylation is 1. The summed E-state index contributed by atoms with van der Waals surface area (Å²) in [5.41, 5.74) is 0.687. The molecule has 8 nitrogen and oxygen atoms in total. The number of nitrogens with zero attached hydrogens (tertiary/aromatic N) is 1. The molecule has 0 aromatic heterocycles. The first-order chi connectivity index (χ1) is 13.8. The van der Waals surface area contributed by atoms with Crippen LogP contribution in [0.1, 0.15) is 25.3 Å². The SMILES string of the molecule is Cc1cc(Cl)ccc1OCCCC(=O)O[C@@H](C)C(=O)Nc1ccccc1[N+](=O)[O-]. The molecule has 154 valence electrons. The van der Waals surface area contributed by atoms with Crippen LogP contribution in [0.15, 0.2) is 42.5 Å². The van der Waals surface area contributed by atoms with Crippen molar-refractivity contribution in [1.82, 2.24) is 0 Å². The second-order valence-electron chi connectivity index (χ2n) is 6.26. The fraction of sp³-hybridized carbons (Fsp3) is 0.300. The van der Waals surface area contributed by atoms with Crippen LogP contribution in [0.3, 0.4) is 0 Å². The van der Waals surface area contributed by atoms with E-state index in [1.165, 1.54) is 25.1 Å². The van der Waals surface area contributed by atoms with E-state index in [0.29, 0.717) is 23.8 Å². The highest BCUT2D eigenvalue weighted by atomic mass is 35.5. The number of hydrogen-bond acceptors (Lipinski definition) is 6. The smallest absolute Gasteiger partial charge is 0.306 e. The Hall–Kier alpha value is -3.13. The number of halogens is 1. The molecule has 0 unspecified atom stereocenters. The van der Waals surface area contributed by atoms with Gasteiger partial charge in [-0.15, -0.1) is 0 Å². The van der Waals surface area contributed by atoms with Crippen LogP contribution in [0.25, 0.3) is 0 Å². The van der Waals surface area contributed by atoms with Gasteiger partial charge in [-0.1, -0.05) is 23.7 Å². The Labute approximate surface area is 172 Å². The Balaban J connectivity index is 1.77. The predicted octanol–water partition coefficient (Wildman–Crippen LogP) is 4.29. The fourth-order valence-electron chi connectivity index (χ4n) is 2.46. The molecule has 0 fully saturated rings. The van der Waals surface area contributed by atoms with Crippen LogP contribution in [0.4, 0.5) is 11.4 Å². The summed E-state index contributed by atoms with van der Waals surface area (Å²) < 4.78 is 10.7. The minimum absolute atomic E-state index is 0.0390. The summed E-state index contributed by atoms with van der Waals surface area (Å²) in [6, 6.07) is 11.0. The lowest BCUT2D eigenvalue weighted by Gasteiger charge is -2.14. The second-order valence-corrected chi connectivity index (χ2v) is 6.69. The molecule has 0 aliphatic rings. The van der Waals surface area contributed by atoms with Crippen LogP contribution in [-0.4, -0.2) is 29.5 Å². The summed E-state index contributed by atoms with van der Waals surface area (Å²) in [7, 11) is 0. The number of benzene rings is 2. The molecule has 1 N–H and O–H groups in total. The van der Waals surface area contributed by atoms with Crippen molar-refractivity contribution in [2.75, 3.05) is 11.9 Å². The van der Waals surface area contributed by atoms with Crippen molar-refractivity contribution in [3.63, 3.8) is 0 Å². The molecule has 0 bridgehead atoms. The summed E-state index contributed by atoms with van der Waals surface area (Å²) in [5.74, 6) is -0.535. The molecule has 29 heavy (non-hydrogen) atoms. The van der Waals surface area contributed by atoms with Crippen molar-refractivity contribution >= 4 is 34.9 Å². The Morgan fingerprint density at radius 3 is 2.66 bits per heavy atom. The maximum atomic E-state index is 12.2. The Morgan fingerprint density at radius 1 is 1.24 bits per heavy atom. The van der Waals surface area contributed by atoms with Gasteiger partial charge in [0.2, 0.25) is 0 Å². The van der Waals surface area contributed by atoms with Crippen molar-refractivity contribution < 1.29 is 24.0 Å². The van der Waals surface area contributed by atoms with Crippen LogP contribution in [0.2, 0.25) is 5.02 Å². The third-order valence-corrected chi connectivity index (χ3v) is 4.19. The van der Waals surface area contributed by atoms with Crippen molar-refractivity contribution in [1.29, 1.82) is 0 Å². The van der Waals surface area contributed by atoms with Crippen LogP contribution in [-0.2, 0) is 14.3 Å². The zero-order valence-electron chi connectivity index (χ0n) is 16.0. The van der Waals surface area contributed by atoms with Gasteiger partial charge in [-0.05, 0) is 50.1 Å². The minimum Gasteiger partial charge on any atom is -0.493 e. The van der Waals surface area contributed by atoms with Gasteiger partial charge in [0, 0.05) is 17.5 Å². The standard InChI is InChI=1S/C20H21ClN2O6/c1-13-12-15(21)9-10-18(13)28-11-5-8-19(24)29-14(2)20(25)22-16-6-3-4-7-17(16)23(26)27/h3-4,6-7,9-10,12,14H,5,8,11H2,1-2H3,(H,22,25)/t14-/m0/s1. The zero-order chi connectivity index (χ0) is 21.4. The maximum absolute atomic E-state index is 12.2. The molecule has 0 heterocycles. The Bertz CT molecular complexity index is 902. The van der Waals surface area contributed by atoms with Crippen LogP contribution in [0, 0.1) is 17.0 Å². The third kappa shape index (κ3) is 6.76. The molecule has 0 saturated heterocycles. The average molecular weight is 421 g/mol.